The van der Waals surface area contributed by atoms with Crippen LogP contribution >= 0.6 is 0 Å². The number of carboxylic acid groups (broad SMARTS) is 1. The van der Waals surface area contributed by atoms with Crippen molar-refractivity contribution in [2.45, 2.75) is 81.1 Å². The minimum Gasteiger partial charge on any atom is -0.735 e. The van der Waals surface area contributed by atoms with E-state index in [1.807, 2.05) is 0 Å². The van der Waals surface area contributed by atoms with Crippen LogP contribution in [0.2, 0.25) is 0 Å². The van der Waals surface area contributed by atoms with Crippen molar-refractivity contribution in [1.82, 2.24) is 4.72 Å². The van der Waals surface area contributed by atoms with E-state index in [0.717, 1.165) is 0 Å². The smallest absolute Gasteiger partial charge is 0.159 e. The van der Waals surface area contributed by atoms with E-state index in [1.54, 1.807) is 11.6 Å². The van der Waals surface area contributed by atoms with Crippen LogP contribution in [-0.4, -0.2) is 147 Å². The first kappa shape index (κ1) is 40.4. The van der Waals surface area contributed by atoms with Gasteiger partial charge in [0.15, 0.2) is 10.3 Å². The SMILES string of the molecule is CC1OC(CO)CC1O.O.O.O.O=C([O-])C1CC(O)C(O)CO1.O=S(=O)([O-])NC1COC(CO)CC1O. The minimum absolute atomic E-state index is 0. The summed E-state index contributed by atoms with van der Waals surface area (Å²) in [5.74, 6) is -1.35. The van der Waals surface area contributed by atoms with E-state index in [4.69, 9.17) is 35.0 Å². The fourth-order valence-corrected chi connectivity index (χ4v) is 3.84. The highest BCUT2D eigenvalue weighted by Gasteiger charge is 2.31. The van der Waals surface area contributed by atoms with Gasteiger partial charge in [-0.1, -0.05) is 0 Å². The molecule has 0 radical (unpaired) electrons. The molecule has 0 bridgehead atoms. The van der Waals surface area contributed by atoms with Crippen molar-refractivity contribution in [3.05, 3.63) is 0 Å². The van der Waals surface area contributed by atoms with Gasteiger partial charge in [0.25, 0.3) is 0 Å². The lowest BCUT2D eigenvalue weighted by atomic mass is 10.0. The zero-order valence-electron chi connectivity index (χ0n) is 20.0. The third-order valence-electron chi connectivity index (χ3n) is 5.27. The van der Waals surface area contributed by atoms with E-state index in [-0.39, 0.29) is 74.0 Å². The molecule has 3 saturated heterocycles. The number of hydrogen-bond acceptors (Lipinski definition) is 14. The zero-order chi connectivity index (χ0) is 26.1. The summed E-state index contributed by atoms with van der Waals surface area (Å²) in [6, 6.07) is -0.930. The van der Waals surface area contributed by atoms with E-state index in [0.29, 0.717) is 6.42 Å². The number of aliphatic hydroxyl groups is 6. The van der Waals surface area contributed by atoms with E-state index in [9.17, 15) is 28.0 Å². The highest BCUT2D eigenvalue weighted by Crippen LogP contribution is 2.19. The molecule has 226 valence electrons. The lowest BCUT2D eigenvalue weighted by Gasteiger charge is -2.33. The van der Waals surface area contributed by atoms with Crippen molar-refractivity contribution in [3.8, 4) is 0 Å². The average molecular weight is 574 g/mol. The summed E-state index contributed by atoms with van der Waals surface area (Å²) in [5, 5.41) is 63.7. The molecule has 37 heavy (non-hydrogen) atoms. The van der Waals surface area contributed by atoms with Crippen LogP contribution in [0.5, 0.6) is 0 Å². The lowest BCUT2D eigenvalue weighted by molar-refractivity contribution is -0.321. The number of rotatable bonds is 5. The van der Waals surface area contributed by atoms with Crippen LogP contribution in [-0.2, 0) is 29.3 Å². The summed E-state index contributed by atoms with van der Waals surface area (Å²) in [5.41, 5.74) is 0. The Morgan fingerprint density at radius 3 is 1.76 bits per heavy atom. The second-order valence-corrected chi connectivity index (χ2v) is 9.22. The van der Waals surface area contributed by atoms with Gasteiger partial charge in [0.1, 0.15) is 6.10 Å². The van der Waals surface area contributed by atoms with Crippen molar-refractivity contribution in [1.29, 1.82) is 0 Å². The Morgan fingerprint density at radius 2 is 1.41 bits per heavy atom. The first-order valence-corrected chi connectivity index (χ1v) is 11.9. The van der Waals surface area contributed by atoms with Gasteiger partial charge in [-0.2, -0.15) is 0 Å². The summed E-state index contributed by atoms with van der Waals surface area (Å²) in [4.78, 5) is 10.2. The summed E-state index contributed by atoms with van der Waals surface area (Å²) < 4.78 is 47.4. The largest absolute Gasteiger partial charge is 0.735 e. The standard InChI is InChI=1S/C6H13NO6S.C6H10O5.C6H12O3.3H2O/c8-2-4-1-6(9)5(3-13-4)7-14(10,11)12;7-3-1-5(6(9)10)11-2-4(3)8;1-4-6(8)2-5(3-7)9-4;;;/h4-9H,1-3H2,(H,10,11,12);3-5,7-8H,1-2H2,(H,9,10);4-8H,2-3H2,1H3;3*1H2/p-2. The monoisotopic (exact) mass is 573 g/mol. The van der Waals surface area contributed by atoms with Gasteiger partial charge in [0.2, 0.25) is 0 Å². The normalized spacial score (nSPS) is 35.1. The fraction of sp³-hybridized carbons (Fsp3) is 0.944. The number of ether oxygens (including phenoxy) is 3. The Balaban J connectivity index is -0.000000460. The number of hydrogen-bond donors (Lipinski definition) is 7. The van der Waals surface area contributed by atoms with Crippen LogP contribution in [0, 0.1) is 0 Å². The Kier molecular flexibility index (Phi) is 20.7. The molecular weight excluding hydrogens is 534 g/mol. The summed E-state index contributed by atoms with van der Waals surface area (Å²) in [7, 11) is -4.58. The van der Waals surface area contributed by atoms with Crippen LogP contribution < -0.4 is 9.83 Å². The number of carbonyl (C=O) groups excluding carboxylic acids is 1. The molecule has 13 N–H and O–H groups in total. The first-order chi connectivity index (χ1) is 15.8. The average Bonchev–Trinajstić information content (AvgIpc) is 3.09. The van der Waals surface area contributed by atoms with Crippen LogP contribution in [0.25, 0.3) is 0 Å². The maximum Gasteiger partial charge on any atom is 0.159 e. The maximum atomic E-state index is 10.3. The molecule has 0 aliphatic carbocycles. The molecule has 19 heteroatoms. The second-order valence-electron chi connectivity index (χ2n) is 8.08. The molecule has 0 aromatic carbocycles. The quantitative estimate of drug-likeness (QED) is 0.150. The van der Waals surface area contributed by atoms with Crippen LogP contribution in [0.1, 0.15) is 26.2 Å². The maximum absolute atomic E-state index is 10.3. The number of carboxylic acids is 1. The molecule has 18 nitrogen and oxygen atoms in total. The van der Waals surface area contributed by atoms with E-state index in [2.05, 4.69) is 4.74 Å². The van der Waals surface area contributed by atoms with Crippen molar-refractivity contribution < 1.29 is 84.1 Å². The van der Waals surface area contributed by atoms with Gasteiger partial charge in [0, 0.05) is 19.3 Å². The zero-order valence-corrected chi connectivity index (χ0v) is 20.8. The van der Waals surface area contributed by atoms with Crippen molar-refractivity contribution >= 4 is 16.3 Å². The van der Waals surface area contributed by atoms with Gasteiger partial charge >= 0.3 is 0 Å². The summed E-state index contributed by atoms with van der Waals surface area (Å²) in [6.45, 7) is 1.31. The molecule has 9 atom stereocenters. The second kappa shape index (κ2) is 19.0. The van der Waals surface area contributed by atoms with Crippen LogP contribution in [0.4, 0.5) is 0 Å². The van der Waals surface area contributed by atoms with Crippen LogP contribution in [0.3, 0.4) is 0 Å². The van der Waals surface area contributed by atoms with Gasteiger partial charge in [-0.3, -0.25) is 0 Å². The van der Waals surface area contributed by atoms with Crippen molar-refractivity contribution in [2.24, 2.45) is 0 Å². The predicted molar refractivity (Wildman–Crippen MR) is 118 cm³/mol. The van der Waals surface area contributed by atoms with E-state index >= 15 is 0 Å². The topological polar surface area (TPSA) is 353 Å². The Bertz CT molecular complexity index is 702. The molecule has 0 saturated carbocycles. The molecule has 3 rings (SSSR count). The molecule has 3 heterocycles. The molecule has 0 aromatic rings. The molecule has 0 aromatic heterocycles. The molecule has 9 unspecified atom stereocenters. The summed E-state index contributed by atoms with van der Waals surface area (Å²) in [6.07, 6.45) is -4.68. The number of nitrogens with one attached hydrogen (secondary N) is 1. The van der Waals surface area contributed by atoms with Gasteiger partial charge in [0.05, 0.1) is 81.2 Å². The minimum atomic E-state index is -4.58. The van der Waals surface area contributed by atoms with Crippen molar-refractivity contribution in [3.63, 3.8) is 0 Å². The molecule has 3 aliphatic heterocycles. The third-order valence-corrected chi connectivity index (χ3v) is 5.86. The first-order valence-electron chi connectivity index (χ1n) is 10.5. The van der Waals surface area contributed by atoms with Gasteiger partial charge in [-0.15, -0.1) is 0 Å². The molecule has 3 fully saturated rings. The highest BCUT2D eigenvalue weighted by atomic mass is 32.2. The van der Waals surface area contributed by atoms with Gasteiger partial charge in [-0.05, 0) is 6.92 Å². The molecule has 3 aliphatic rings. The van der Waals surface area contributed by atoms with Crippen molar-refractivity contribution in [2.75, 3.05) is 26.4 Å². The number of aliphatic hydroxyl groups excluding tert-OH is 6. The number of aliphatic carboxylic acids is 1. The van der Waals surface area contributed by atoms with Crippen LogP contribution in [0.15, 0.2) is 0 Å². The van der Waals surface area contributed by atoms with Gasteiger partial charge in [-0.25, -0.2) is 13.1 Å². The highest BCUT2D eigenvalue weighted by molar-refractivity contribution is 7.83. The fourth-order valence-electron chi connectivity index (χ4n) is 3.24. The number of carbonyl (C=O) groups is 1. The molecular formula is C18H39NO17S-2. The van der Waals surface area contributed by atoms with E-state index < -0.39 is 52.8 Å². The third kappa shape index (κ3) is 15.1. The molecule has 0 amide bonds. The summed E-state index contributed by atoms with van der Waals surface area (Å²) >= 11 is 0. The van der Waals surface area contributed by atoms with Gasteiger partial charge < -0.3 is 75.7 Å². The molecule has 0 spiro atoms. The van der Waals surface area contributed by atoms with E-state index in [1.165, 1.54) is 0 Å². The Morgan fingerprint density at radius 1 is 0.865 bits per heavy atom. The lowest BCUT2D eigenvalue weighted by Crippen LogP contribution is -2.52. The Hall–Kier alpha value is -1.14. The predicted octanol–water partition coefficient (Wildman–Crippen LogP) is -8.16. The Labute approximate surface area is 213 Å².